The lowest BCUT2D eigenvalue weighted by atomic mass is 9.95. The molecule has 2 aliphatic heterocycles. The highest BCUT2D eigenvalue weighted by molar-refractivity contribution is 5.49. The molecule has 0 aliphatic carbocycles. The summed E-state index contributed by atoms with van der Waals surface area (Å²) < 4.78 is 0. The maximum absolute atomic E-state index is 4.56. The van der Waals surface area contributed by atoms with E-state index in [1.54, 1.807) is 6.33 Å². The van der Waals surface area contributed by atoms with Gasteiger partial charge in [0.15, 0.2) is 0 Å². The van der Waals surface area contributed by atoms with E-state index in [1.165, 1.54) is 42.9 Å². The Labute approximate surface area is 109 Å². The van der Waals surface area contributed by atoms with Crippen LogP contribution in [0.1, 0.15) is 37.4 Å². The van der Waals surface area contributed by atoms with Gasteiger partial charge in [-0.2, -0.15) is 0 Å². The van der Waals surface area contributed by atoms with Gasteiger partial charge in [0.05, 0.1) is 5.69 Å². The molecule has 2 aliphatic rings. The Morgan fingerprint density at radius 3 is 3.28 bits per heavy atom. The van der Waals surface area contributed by atoms with Crippen molar-refractivity contribution < 1.29 is 0 Å². The monoisotopic (exact) mass is 246 g/mol. The van der Waals surface area contributed by atoms with Gasteiger partial charge >= 0.3 is 0 Å². The molecule has 1 atom stereocenters. The highest BCUT2D eigenvalue weighted by atomic mass is 15.2. The number of aromatic nitrogens is 2. The molecule has 1 unspecified atom stereocenters. The van der Waals surface area contributed by atoms with E-state index >= 15 is 0 Å². The topological polar surface area (TPSA) is 41.1 Å². The number of nitrogens with zero attached hydrogens (tertiary/aromatic N) is 3. The second kappa shape index (κ2) is 5.22. The number of nitrogens with one attached hydrogen (secondary N) is 1. The van der Waals surface area contributed by atoms with Crippen LogP contribution in [0.15, 0.2) is 6.33 Å². The SMILES string of the molecule is CCC1CCCN(c2ncnc3c2CNCC3)C1. The van der Waals surface area contributed by atoms with Crippen LogP contribution >= 0.6 is 0 Å². The van der Waals surface area contributed by atoms with Gasteiger partial charge in [0.1, 0.15) is 12.1 Å². The van der Waals surface area contributed by atoms with Gasteiger partial charge < -0.3 is 10.2 Å². The predicted molar refractivity (Wildman–Crippen MR) is 72.7 cm³/mol. The molecule has 0 saturated carbocycles. The fraction of sp³-hybridized carbons (Fsp3) is 0.714. The molecule has 1 aromatic heterocycles. The van der Waals surface area contributed by atoms with Crippen LogP contribution in [0.25, 0.3) is 0 Å². The first-order chi connectivity index (χ1) is 8.88. The minimum absolute atomic E-state index is 0.834. The van der Waals surface area contributed by atoms with Gasteiger partial charge in [0.25, 0.3) is 0 Å². The molecule has 1 aromatic rings. The van der Waals surface area contributed by atoms with Crippen molar-refractivity contribution in [2.45, 2.75) is 39.2 Å². The maximum atomic E-state index is 4.56. The zero-order valence-electron chi connectivity index (χ0n) is 11.2. The smallest absolute Gasteiger partial charge is 0.136 e. The van der Waals surface area contributed by atoms with Crippen LogP contribution in [-0.4, -0.2) is 29.6 Å². The molecule has 98 valence electrons. The summed E-state index contributed by atoms with van der Waals surface area (Å²) >= 11 is 0. The van der Waals surface area contributed by atoms with Crippen molar-refractivity contribution >= 4 is 5.82 Å². The third kappa shape index (κ3) is 2.21. The summed E-state index contributed by atoms with van der Waals surface area (Å²) in [4.78, 5) is 11.5. The van der Waals surface area contributed by atoms with Crippen LogP contribution in [0.2, 0.25) is 0 Å². The summed E-state index contributed by atoms with van der Waals surface area (Å²) in [6.45, 7) is 6.59. The molecule has 4 heteroatoms. The lowest BCUT2D eigenvalue weighted by molar-refractivity contribution is 0.401. The van der Waals surface area contributed by atoms with Gasteiger partial charge in [0.2, 0.25) is 0 Å². The van der Waals surface area contributed by atoms with Crippen molar-refractivity contribution in [3.8, 4) is 0 Å². The molecule has 1 N–H and O–H groups in total. The van der Waals surface area contributed by atoms with Crippen LogP contribution in [0.3, 0.4) is 0 Å². The predicted octanol–water partition coefficient (Wildman–Crippen LogP) is 1.75. The van der Waals surface area contributed by atoms with Crippen LogP contribution in [0, 0.1) is 5.92 Å². The van der Waals surface area contributed by atoms with E-state index in [9.17, 15) is 0 Å². The van der Waals surface area contributed by atoms with E-state index in [-0.39, 0.29) is 0 Å². The van der Waals surface area contributed by atoms with Crippen LogP contribution in [0.5, 0.6) is 0 Å². The summed E-state index contributed by atoms with van der Waals surface area (Å²) in [6, 6.07) is 0. The molecule has 0 radical (unpaired) electrons. The molecule has 0 aromatic carbocycles. The van der Waals surface area contributed by atoms with E-state index in [4.69, 9.17) is 0 Å². The third-order valence-electron chi connectivity index (χ3n) is 4.25. The first kappa shape index (κ1) is 11.9. The Kier molecular flexibility index (Phi) is 3.46. The van der Waals surface area contributed by atoms with Crippen molar-refractivity contribution in [2.24, 2.45) is 5.92 Å². The molecule has 18 heavy (non-hydrogen) atoms. The quantitative estimate of drug-likeness (QED) is 0.863. The zero-order chi connectivity index (χ0) is 12.4. The number of hydrogen-bond acceptors (Lipinski definition) is 4. The zero-order valence-corrected chi connectivity index (χ0v) is 11.2. The minimum atomic E-state index is 0.834. The summed E-state index contributed by atoms with van der Waals surface area (Å²) in [5.74, 6) is 2.02. The summed E-state index contributed by atoms with van der Waals surface area (Å²) in [5, 5.41) is 3.44. The van der Waals surface area contributed by atoms with Crippen molar-refractivity contribution in [1.82, 2.24) is 15.3 Å². The maximum Gasteiger partial charge on any atom is 0.136 e. The molecule has 3 rings (SSSR count). The standard InChI is InChI=1S/C14H22N4/c1-2-11-4-3-7-18(9-11)14-12-8-15-6-5-13(12)16-10-17-14/h10-11,15H,2-9H2,1H3. The van der Waals surface area contributed by atoms with Gasteiger partial charge in [-0.05, 0) is 18.8 Å². The van der Waals surface area contributed by atoms with Crippen LogP contribution in [0.4, 0.5) is 5.82 Å². The van der Waals surface area contributed by atoms with E-state index in [2.05, 4.69) is 27.1 Å². The molecular formula is C14H22N4. The second-order valence-corrected chi connectivity index (χ2v) is 5.41. The Hall–Kier alpha value is -1.16. The molecule has 3 heterocycles. The molecule has 4 nitrogen and oxygen atoms in total. The van der Waals surface area contributed by atoms with Crippen LogP contribution < -0.4 is 10.2 Å². The molecule has 1 fully saturated rings. The van der Waals surface area contributed by atoms with E-state index in [1.807, 2.05) is 0 Å². The van der Waals surface area contributed by atoms with Gasteiger partial charge in [0, 0.05) is 38.2 Å². The Morgan fingerprint density at radius 1 is 1.44 bits per heavy atom. The first-order valence-electron chi connectivity index (χ1n) is 7.17. The minimum Gasteiger partial charge on any atom is -0.356 e. The number of anilines is 1. The Balaban J connectivity index is 1.87. The van der Waals surface area contributed by atoms with Crippen LogP contribution in [-0.2, 0) is 13.0 Å². The summed E-state index contributed by atoms with van der Waals surface area (Å²) in [6.07, 6.45) is 6.73. The fourth-order valence-electron chi connectivity index (χ4n) is 3.12. The lowest BCUT2D eigenvalue weighted by Crippen LogP contribution is -2.38. The molecule has 0 bridgehead atoms. The number of hydrogen-bond donors (Lipinski definition) is 1. The normalized spacial score (nSPS) is 23.8. The van der Waals surface area contributed by atoms with Gasteiger partial charge in [-0.25, -0.2) is 9.97 Å². The number of fused-ring (bicyclic) bond motifs is 1. The average molecular weight is 246 g/mol. The van der Waals surface area contributed by atoms with Crippen molar-refractivity contribution in [1.29, 1.82) is 0 Å². The largest absolute Gasteiger partial charge is 0.356 e. The lowest BCUT2D eigenvalue weighted by Gasteiger charge is -2.35. The van der Waals surface area contributed by atoms with Gasteiger partial charge in [-0.3, -0.25) is 0 Å². The molecular weight excluding hydrogens is 224 g/mol. The van der Waals surface area contributed by atoms with E-state index in [0.717, 1.165) is 32.0 Å². The van der Waals surface area contributed by atoms with Gasteiger partial charge in [-0.15, -0.1) is 0 Å². The Bertz CT molecular complexity index is 418. The van der Waals surface area contributed by atoms with Crippen molar-refractivity contribution in [3.05, 3.63) is 17.6 Å². The van der Waals surface area contributed by atoms with E-state index in [0.29, 0.717) is 0 Å². The highest BCUT2D eigenvalue weighted by Crippen LogP contribution is 2.27. The summed E-state index contributed by atoms with van der Waals surface area (Å²) in [5.41, 5.74) is 2.58. The Morgan fingerprint density at radius 2 is 2.39 bits per heavy atom. The highest BCUT2D eigenvalue weighted by Gasteiger charge is 2.24. The van der Waals surface area contributed by atoms with Crippen molar-refractivity contribution in [3.63, 3.8) is 0 Å². The molecule has 0 amide bonds. The number of rotatable bonds is 2. The molecule has 0 spiro atoms. The third-order valence-corrected chi connectivity index (χ3v) is 4.25. The van der Waals surface area contributed by atoms with E-state index < -0.39 is 0 Å². The van der Waals surface area contributed by atoms with Crippen molar-refractivity contribution in [2.75, 3.05) is 24.5 Å². The second-order valence-electron chi connectivity index (χ2n) is 5.41. The first-order valence-corrected chi connectivity index (χ1v) is 7.17. The summed E-state index contributed by atoms with van der Waals surface area (Å²) in [7, 11) is 0. The average Bonchev–Trinajstić information content (AvgIpc) is 2.47. The molecule has 1 saturated heterocycles. The number of piperidine rings is 1. The fourth-order valence-corrected chi connectivity index (χ4v) is 3.12. The van der Waals surface area contributed by atoms with Gasteiger partial charge in [-0.1, -0.05) is 13.3 Å².